The monoisotopic (exact) mass is 423 g/mol. The molecule has 9 heteroatoms. The number of anilines is 1. The number of hydrogen-bond acceptors (Lipinski definition) is 6. The van der Waals surface area contributed by atoms with E-state index in [1.807, 2.05) is 0 Å². The lowest BCUT2D eigenvalue weighted by Gasteiger charge is -2.14. The minimum atomic E-state index is -0.405. The molecule has 2 heterocycles. The van der Waals surface area contributed by atoms with Gasteiger partial charge in [-0.1, -0.05) is 0 Å². The van der Waals surface area contributed by atoms with E-state index in [2.05, 4.69) is 15.3 Å². The van der Waals surface area contributed by atoms with Gasteiger partial charge in [0.25, 0.3) is 5.91 Å². The van der Waals surface area contributed by atoms with E-state index in [1.165, 1.54) is 0 Å². The quantitative estimate of drug-likeness (QED) is 0.420. The molecule has 0 aliphatic heterocycles. The molecule has 4 rings (SSSR count). The molecule has 0 saturated heterocycles. The summed E-state index contributed by atoms with van der Waals surface area (Å²) in [6.07, 6.45) is 0.361. The van der Waals surface area contributed by atoms with Crippen LogP contribution in [-0.2, 0) is 6.42 Å². The Morgan fingerprint density at radius 2 is 1.65 bits per heavy atom. The maximum absolute atomic E-state index is 12.6. The van der Waals surface area contributed by atoms with Gasteiger partial charge in [-0.2, -0.15) is 0 Å². The molecule has 0 fully saturated rings. The molecular weight excluding hydrogens is 402 g/mol. The summed E-state index contributed by atoms with van der Waals surface area (Å²) in [6, 6.07) is 11.9. The second kappa shape index (κ2) is 8.31. The fourth-order valence-electron chi connectivity index (χ4n) is 3.32. The number of imidazole rings is 1. The maximum atomic E-state index is 12.6. The molecule has 0 spiro atoms. The molecule has 0 saturated carbocycles. The molecule has 0 radical (unpaired) electrons. The van der Waals surface area contributed by atoms with Crippen molar-refractivity contribution in [3.8, 4) is 17.2 Å². The number of aromatic nitrogens is 2. The third kappa shape index (κ3) is 4.11. The van der Waals surface area contributed by atoms with Crippen LogP contribution in [-0.4, -0.2) is 37.2 Å². The molecule has 9 nitrogen and oxygen atoms in total. The van der Waals surface area contributed by atoms with Gasteiger partial charge in [-0.25, -0.2) is 4.79 Å². The third-order valence-electron chi connectivity index (χ3n) is 4.83. The number of amides is 1. The van der Waals surface area contributed by atoms with Crippen LogP contribution in [0.25, 0.3) is 11.0 Å². The summed E-state index contributed by atoms with van der Waals surface area (Å²) in [5, 5.41) is 2.76. The lowest BCUT2D eigenvalue weighted by Crippen LogP contribution is -2.10. The molecule has 0 atom stereocenters. The normalized spacial score (nSPS) is 10.8. The molecule has 0 unspecified atom stereocenters. The topological polar surface area (TPSA) is 119 Å². The van der Waals surface area contributed by atoms with Gasteiger partial charge < -0.3 is 33.9 Å². The first-order chi connectivity index (χ1) is 15.0. The largest absolute Gasteiger partial charge is 0.496 e. The van der Waals surface area contributed by atoms with E-state index in [1.54, 1.807) is 63.8 Å². The van der Waals surface area contributed by atoms with Crippen molar-refractivity contribution in [2.45, 2.75) is 6.42 Å². The summed E-state index contributed by atoms with van der Waals surface area (Å²) >= 11 is 0. The van der Waals surface area contributed by atoms with E-state index >= 15 is 0 Å². The lowest BCUT2D eigenvalue weighted by molar-refractivity contribution is 0.0995. The standard InChI is InChI=1S/C22H21N3O6/c1-28-14-10-19(29-2)15(20(11-14)30-3)9-13-5-7-18(31-13)21(26)23-12-4-6-16-17(8-12)25-22(27)24-16/h4-8,10-11H,9H2,1-3H3,(H,23,26)(H2,24,25,27). The van der Waals surface area contributed by atoms with Crippen LogP contribution in [0, 0.1) is 0 Å². The Labute approximate surface area is 176 Å². The van der Waals surface area contributed by atoms with Crippen LogP contribution >= 0.6 is 0 Å². The first-order valence-electron chi connectivity index (χ1n) is 9.41. The van der Waals surface area contributed by atoms with Gasteiger partial charge in [-0.15, -0.1) is 0 Å². The Morgan fingerprint density at radius 3 is 2.32 bits per heavy atom. The van der Waals surface area contributed by atoms with Gasteiger partial charge in [0, 0.05) is 29.8 Å². The highest BCUT2D eigenvalue weighted by molar-refractivity contribution is 6.03. The van der Waals surface area contributed by atoms with Gasteiger partial charge >= 0.3 is 5.69 Å². The zero-order valence-corrected chi connectivity index (χ0v) is 17.2. The molecule has 0 aliphatic rings. The van der Waals surface area contributed by atoms with Crippen molar-refractivity contribution in [3.63, 3.8) is 0 Å². The second-order valence-corrected chi connectivity index (χ2v) is 6.75. The van der Waals surface area contributed by atoms with Gasteiger partial charge in [-0.3, -0.25) is 4.79 Å². The Kier molecular flexibility index (Phi) is 5.40. The van der Waals surface area contributed by atoms with Gasteiger partial charge in [0.1, 0.15) is 23.0 Å². The number of fused-ring (bicyclic) bond motifs is 1. The Hall–Kier alpha value is -4.14. The van der Waals surface area contributed by atoms with Crippen molar-refractivity contribution in [3.05, 3.63) is 70.0 Å². The van der Waals surface area contributed by atoms with E-state index in [4.69, 9.17) is 18.6 Å². The van der Waals surface area contributed by atoms with Crippen molar-refractivity contribution in [2.75, 3.05) is 26.6 Å². The Morgan fingerprint density at radius 1 is 0.935 bits per heavy atom. The molecule has 0 aliphatic carbocycles. The highest BCUT2D eigenvalue weighted by atomic mass is 16.5. The third-order valence-corrected chi connectivity index (χ3v) is 4.83. The summed E-state index contributed by atoms with van der Waals surface area (Å²) in [5.74, 6) is 2.11. The summed E-state index contributed by atoms with van der Waals surface area (Å²) < 4.78 is 21.9. The number of ether oxygens (including phenoxy) is 3. The van der Waals surface area contributed by atoms with E-state index in [9.17, 15) is 9.59 Å². The first kappa shape index (κ1) is 20.1. The van der Waals surface area contributed by atoms with Crippen LogP contribution < -0.4 is 25.2 Å². The van der Waals surface area contributed by atoms with Crippen molar-refractivity contribution < 1.29 is 23.4 Å². The van der Waals surface area contributed by atoms with Crippen LogP contribution in [0.5, 0.6) is 17.2 Å². The molecule has 160 valence electrons. The van der Waals surface area contributed by atoms with Crippen LogP contribution in [0.2, 0.25) is 0 Å². The number of rotatable bonds is 7. The van der Waals surface area contributed by atoms with Crippen LogP contribution in [0.15, 0.2) is 51.7 Å². The summed E-state index contributed by atoms with van der Waals surface area (Å²) in [5.41, 5.74) is 2.25. The van der Waals surface area contributed by atoms with E-state index in [-0.39, 0.29) is 11.4 Å². The van der Waals surface area contributed by atoms with Crippen molar-refractivity contribution in [1.82, 2.24) is 9.97 Å². The zero-order chi connectivity index (χ0) is 22.0. The fourth-order valence-corrected chi connectivity index (χ4v) is 3.32. The number of aromatic amines is 2. The molecule has 2 aromatic carbocycles. The smallest absolute Gasteiger partial charge is 0.323 e. The molecule has 31 heavy (non-hydrogen) atoms. The number of hydrogen-bond donors (Lipinski definition) is 3. The predicted octanol–water partition coefficient (Wildman–Crippen LogP) is 3.32. The number of nitrogens with one attached hydrogen (secondary N) is 3. The molecule has 4 aromatic rings. The SMILES string of the molecule is COc1cc(OC)c(Cc2ccc(C(=O)Nc3ccc4[nH]c(=O)[nH]c4c3)o2)c(OC)c1. The highest BCUT2D eigenvalue weighted by Gasteiger charge is 2.18. The first-order valence-corrected chi connectivity index (χ1v) is 9.41. The average Bonchev–Trinajstić information content (AvgIpc) is 3.39. The number of carbonyl (C=O) groups excluding carboxylic acids is 1. The van der Waals surface area contributed by atoms with E-state index < -0.39 is 5.91 Å². The Bertz CT molecular complexity index is 1280. The summed E-state index contributed by atoms with van der Waals surface area (Å²) in [4.78, 5) is 29.3. The highest BCUT2D eigenvalue weighted by Crippen LogP contribution is 2.35. The summed E-state index contributed by atoms with van der Waals surface area (Å²) in [7, 11) is 4.69. The van der Waals surface area contributed by atoms with E-state index in [0.717, 1.165) is 5.56 Å². The molecule has 3 N–H and O–H groups in total. The van der Waals surface area contributed by atoms with Crippen LogP contribution in [0.1, 0.15) is 21.9 Å². The average molecular weight is 423 g/mol. The van der Waals surface area contributed by atoms with Gasteiger partial charge in [0.15, 0.2) is 5.76 Å². The molecule has 0 bridgehead atoms. The van der Waals surface area contributed by atoms with Crippen LogP contribution in [0.4, 0.5) is 5.69 Å². The van der Waals surface area contributed by atoms with Crippen molar-refractivity contribution in [1.29, 1.82) is 0 Å². The van der Waals surface area contributed by atoms with Gasteiger partial charge in [-0.05, 0) is 30.3 Å². The number of methoxy groups -OCH3 is 3. The lowest BCUT2D eigenvalue weighted by atomic mass is 10.1. The minimum Gasteiger partial charge on any atom is -0.496 e. The Balaban J connectivity index is 1.54. The number of furan rings is 1. The minimum absolute atomic E-state index is 0.157. The molecular formula is C22H21N3O6. The number of carbonyl (C=O) groups is 1. The number of H-pyrrole nitrogens is 2. The number of benzene rings is 2. The second-order valence-electron chi connectivity index (χ2n) is 6.75. The maximum Gasteiger partial charge on any atom is 0.323 e. The molecule has 1 amide bonds. The molecule has 2 aromatic heterocycles. The predicted molar refractivity (Wildman–Crippen MR) is 114 cm³/mol. The fraction of sp³-hybridized carbons (Fsp3) is 0.182. The van der Waals surface area contributed by atoms with E-state index in [0.29, 0.717) is 46.2 Å². The van der Waals surface area contributed by atoms with Crippen LogP contribution in [0.3, 0.4) is 0 Å². The zero-order valence-electron chi connectivity index (χ0n) is 17.2. The van der Waals surface area contributed by atoms with Gasteiger partial charge in [0.05, 0.1) is 32.4 Å². The van der Waals surface area contributed by atoms with Crippen molar-refractivity contribution >= 4 is 22.6 Å². The van der Waals surface area contributed by atoms with Gasteiger partial charge in [0.2, 0.25) is 0 Å². The summed E-state index contributed by atoms with van der Waals surface area (Å²) in [6.45, 7) is 0. The van der Waals surface area contributed by atoms with Crippen molar-refractivity contribution in [2.24, 2.45) is 0 Å².